The van der Waals surface area contributed by atoms with Crippen LogP contribution >= 0.6 is 27.5 Å². The van der Waals surface area contributed by atoms with Gasteiger partial charge in [-0.15, -0.1) is 0 Å². The summed E-state index contributed by atoms with van der Waals surface area (Å²) in [6.45, 7) is 2.02. The van der Waals surface area contributed by atoms with Gasteiger partial charge in [0.25, 0.3) is 0 Å². The number of aryl methyl sites for hydroxylation is 1. The largest absolute Gasteiger partial charge is 0.459 e. The van der Waals surface area contributed by atoms with Crippen LogP contribution in [0.2, 0.25) is 5.02 Å². The van der Waals surface area contributed by atoms with E-state index >= 15 is 0 Å². The average Bonchev–Trinajstić information content (AvgIpc) is 2.76. The van der Waals surface area contributed by atoms with Crippen LogP contribution < -0.4 is 5.73 Å². The Hall–Kier alpha value is -1.29. The summed E-state index contributed by atoms with van der Waals surface area (Å²) in [6.07, 6.45) is 0. The smallest absolute Gasteiger partial charge is 0.134 e. The molecule has 2 nitrogen and oxygen atoms in total. The van der Waals surface area contributed by atoms with Crippen molar-refractivity contribution in [3.63, 3.8) is 0 Å². The molecule has 0 radical (unpaired) electrons. The Morgan fingerprint density at radius 3 is 2.65 bits per heavy atom. The first-order chi connectivity index (χ1) is 9.58. The van der Waals surface area contributed by atoms with Crippen LogP contribution in [0.3, 0.4) is 0 Å². The Morgan fingerprint density at radius 2 is 1.95 bits per heavy atom. The van der Waals surface area contributed by atoms with Gasteiger partial charge in [0.2, 0.25) is 0 Å². The van der Waals surface area contributed by atoms with Crippen molar-refractivity contribution in [3.8, 4) is 0 Å². The van der Waals surface area contributed by atoms with Gasteiger partial charge in [-0.25, -0.2) is 0 Å². The van der Waals surface area contributed by atoms with Crippen molar-refractivity contribution in [2.24, 2.45) is 5.73 Å². The van der Waals surface area contributed by atoms with Crippen molar-refractivity contribution in [1.29, 1.82) is 0 Å². The lowest BCUT2D eigenvalue weighted by atomic mass is 10.0. The van der Waals surface area contributed by atoms with Gasteiger partial charge >= 0.3 is 0 Å². The monoisotopic (exact) mass is 349 g/mol. The molecule has 0 aliphatic rings. The van der Waals surface area contributed by atoms with Crippen LogP contribution in [0.1, 0.15) is 22.9 Å². The lowest BCUT2D eigenvalue weighted by Gasteiger charge is -2.12. The van der Waals surface area contributed by atoms with Gasteiger partial charge in [0, 0.05) is 20.4 Å². The number of furan rings is 1. The maximum Gasteiger partial charge on any atom is 0.134 e. The van der Waals surface area contributed by atoms with Crippen LogP contribution in [0.5, 0.6) is 0 Å². The molecule has 2 N–H and O–H groups in total. The van der Waals surface area contributed by atoms with E-state index in [1.807, 2.05) is 49.4 Å². The summed E-state index contributed by atoms with van der Waals surface area (Å²) in [5.74, 6) is 0.760. The third-order valence-electron chi connectivity index (χ3n) is 3.46. The maximum atomic E-state index is 6.34. The quantitative estimate of drug-likeness (QED) is 0.689. The first-order valence-electron chi connectivity index (χ1n) is 6.26. The molecule has 102 valence electrons. The van der Waals surface area contributed by atoms with Crippen molar-refractivity contribution in [3.05, 3.63) is 68.8 Å². The van der Waals surface area contributed by atoms with Crippen LogP contribution in [-0.4, -0.2) is 0 Å². The van der Waals surface area contributed by atoms with E-state index in [1.54, 1.807) is 0 Å². The number of halogens is 2. The first-order valence-corrected chi connectivity index (χ1v) is 7.43. The minimum absolute atomic E-state index is 0.372. The van der Waals surface area contributed by atoms with Crippen molar-refractivity contribution >= 4 is 38.5 Å². The summed E-state index contributed by atoms with van der Waals surface area (Å²) in [4.78, 5) is 0. The Labute approximate surface area is 130 Å². The van der Waals surface area contributed by atoms with E-state index in [-0.39, 0.29) is 6.04 Å². The molecule has 20 heavy (non-hydrogen) atoms. The van der Waals surface area contributed by atoms with Crippen molar-refractivity contribution in [1.82, 2.24) is 0 Å². The van der Waals surface area contributed by atoms with Crippen molar-refractivity contribution < 1.29 is 4.42 Å². The minimum atomic E-state index is -0.372. The summed E-state index contributed by atoms with van der Waals surface area (Å²) in [7, 11) is 0. The molecular weight excluding hydrogens is 338 g/mol. The highest BCUT2D eigenvalue weighted by Crippen LogP contribution is 2.34. The molecule has 1 aromatic heterocycles. The molecule has 3 rings (SSSR count). The van der Waals surface area contributed by atoms with E-state index in [9.17, 15) is 0 Å². The van der Waals surface area contributed by atoms with Crippen LogP contribution in [0.15, 0.2) is 51.4 Å². The zero-order valence-corrected chi connectivity index (χ0v) is 13.2. The Kier molecular flexibility index (Phi) is 3.59. The molecule has 0 aliphatic carbocycles. The van der Waals surface area contributed by atoms with Gasteiger partial charge in [-0.1, -0.05) is 51.8 Å². The van der Waals surface area contributed by atoms with Crippen LogP contribution in [-0.2, 0) is 0 Å². The second-order valence-corrected chi connectivity index (χ2v) is 6.05. The van der Waals surface area contributed by atoms with Crippen molar-refractivity contribution in [2.45, 2.75) is 13.0 Å². The van der Waals surface area contributed by atoms with Gasteiger partial charge < -0.3 is 10.2 Å². The zero-order valence-electron chi connectivity index (χ0n) is 10.9. The molecule has 0 bridgehead atoms. The SMILES string of the molecule is Cc1c(C(N)c2ccc(Br)cc2Cl)oc2ccccc12. The van der Waals surface area contributed by atoms with Gasteiger partial charge in [-0.2, -0.15) is 0 Å². The van der Waals surface area contributed by atoms with E-state index < -0.39 is 0 Å². The minimum Gasteiger partial charge on any atom is -0.459 e. The number of hydrogen-bond donors (Lipinski definition) is 1. The maximum absolute atomic E-state index is 6.34. The number of nitrogens with two attached hydrogens (primary N) is 1. The highest BCUT2D eigenvalue weighted by atomic mass is 79.9. The van der Waals surface area contributed by atoms with Gasteiger partial charge in [-0.3, -0.25) is 0 Å². The second kappa shape index (κ2) is 5.24. The van der Waals surface area contributed by atoms with Gasteiger partial charge in [0.1, 0.15) is 11.3 Å². The number of benzene rings is 2. The fraction of sp³-hybridized carbons (Fsp3) is 0.125. The van der Waals surface area contributed by atoms with Gasteiger partial charge in [0.15, 0.2) is 0 Å². The van der Waals surface area contributed by atoms with Crippen LogP contribution in [0.25, 0.3) is 11.0 Å². The van der Waals surface area contributed by atoms with E-state index in [2.05, 4.69) is 15.9 Å². The molecule has 4 heteroatoms. The van der Waals surface area contributed by atoms with Gasteiger partial charge in [0.05, 0.1) is 6.04 Å². The number of fused-ring (bicyclic) bond motifs is 1. The summed E-state index contributed by atoms with van der Waals surface area (Å²) < 4.78 is 6.84. The molecular formula is C16H13BrClNO. The number of para-hydroxylation sites is 1. The Morgan fingerprint density at radius 1 is 1.20 bits per heavy atom. The molecule has 2 aromatic carbocycles. The fourth-order valence-electron chi connectivity index (χ4n) is 2.38. The number of rotatable bonds is 2. The molecule has 0 fully saturated rings. The standard InChI is InChI=1S/C16H13BrClNO/c1-9-11-4-2-3-5-14(11)20-16(9)15(19)12-7-6-10(17)8-13(12)18/h2-8,15H,19H2,1H3. The van der Waals surface area contributed by atoms with E-state index in [0.717, 1.165) is 32.3 Å². The Balaban J connectivity index is 2.12. The van der Waals surface area contributed by atoms with Crippen LogP contribution in [0.4, 0.5) is 0 Å². The molecule has 0 aliphatic heterocycles. The third-order valence-corrected chi connectivity index (χ3v) is 4.28. The third kappa shape index (κ3) is 2.26. The fourth-order valence-corrected chi connectivity index (χ4v) is 3.18. The summed E-state index contributed by atoms with van der Waals surface area (Å²) >= 11 is 9.67. The summed E-state index contributed by atoms with van der Waals surface area (Å²) in [5.41, 5.74) is 9.11. The van der Waals surface area contributed by atoms with E-state index in [4.69, 9.17) is 21.8 Å². The normalized spacial score (nSPS) is 12.8. The molecule has 0 spiro atoms. The van der Waals surface area contributed by atoms with E-state index in [0.29, 0.717) is 5.02 Å². The zero-order chi connectivity index (χ0) is 14.3. The first kappa shape index (κ1) is 13.7. The second-order valence-electron chi connectivity index (χ2n) is 4.73. The summed E-state index contributed by atoms with van der Waals surface area (Å²) in [6, 6.07) is 13.2. The number of hydrogen-bond acceptors (Lipinski definition) is 2. The highest BCUT2D eigenvalue weighted by molar-refractivity contribution is 9.10. The average molecular weight is 351 g/mol. The predicted molar refractivity (Wildman–Crippen MR) is 86.1 cm³/mol. The molecule has 0 saturated carbocycles. The highest BCUT2D eigenvalue weighted by Gasteiger charge is 2.20. The van der Waals surface area contributed by atoms with Gasteiger partial charge in [-0.05, 0) is 30.7 Å². The predicted octanol–water partition coefficient (Wildman–Crippen LogP) is 5.21. The molecule has 0 amide bonds. The lowest BCUT2D eigenvalue weighted by molar-refractivity contribution is 0.521. The Bertz CT molecular complexity index is 781. The molecule has 0 saturated heterocycles. The molecule has 1 heterocycles. The molecule has 1 unspecified atom stereocenters. The van der Waals surface area contributed by atoms with Crippen molar-refractivity contribution in [2.75, 3.05) is 0 Å². The topological polar surface area (TPSA) is 39.2 Å². The molecule has 1 atom stereocenters. The molecule has 3 aromatic rings. The lowest BCUT2D eigenvalue weighted by Crippen LogP contribution is -2.12. The summed E-state index contributed by atoms with van der Waals surface area (Å²) in [5, 5.41) is 1.72. The van der Waals surface area contributed by atoms with Crippen LogP contribution in [0, 0.1) is 6.92 Å². The van der Waals surface area contributed by atoms with E-state index in [1.165, 1.54) is 0 Å².